The minimum Gasteiger partial charge on any atom is -0.329 e. The molecule has 2 fully saturated rings. The topological polar surface area (TPSA) is 83.4 Å². The van der Waals surface area contributed by atoms with Gasteiger partial charge in [-0.3, -0.25) is 9.69 Å². The van der Waals surface area contributed by atoms with Gasteiger partial charge in [-0.1, -0.05) is 0 Å². The predicted molar refractivity (Wildman–Crippen MR) is 83.8 cm³/mol. The van der Waals surface area contributed by atoms with Gasteiger partial charge in [0.05, 0.1) is 6.54 Å². The van der Waals surface area contributed by atoms with E-state index in [1.807, 2.05) is 18.5 Å². The second-order valence-electron chi connectivity index (χ2n) is 6.40. The standard InChI is InChI=1S/C15H24N6O2/c1-11-17-12(2)21(18-11)10-13-4-3-5-19(9-13)6-7-20-14(22)8-16-15(20)23/h13H,3-10H2,1-2H3,(H,16,23)/t13-/m0/s1. The highest BCUT2D eigenvalue weighted by Gasteiger charge is 2.29. The van der Waals surface area contributed by atoms with Gasteiger partial charge < -0.3 is 10.2 Å². The number of carbonyl (C=O) groups excluding carboxylic acids is 2. The van der Waals surface area contributed by atoms with Crippen molar-refractivity contribution in [2.24, 2.45) is 5.92 Å². The molecule has 1 aromatic rings. The van der Waals surface area contributed by atoms with Crippen LogP contribution in [0.4, 0.5) is 4.79 Å². The average molecular weight is 320 g/mol. The first-order valence-corrected chi connectivity index (χ1v) is 8.21. The number of aromatic nitrogens is 3. The van der Waals surface area contributed by atoms with Crippen molar-refractivity contribution in [2.45, 2.75) is 33.2 Å². The second kappa shape index (κ2) is 6.66. The summed E-state index contributed by atoms with van der Waals surface area (Å²) in [4.78, 5) is 31.2. The third-order valence-electron chi connectivity index (χ3n) is 4.57. The Bertz CT molecular complexity index is 583. The minimum absolute atomic E-state index is 0.128. The Morgan fingerprint density at radius 3 is 2.74 bits per heavy atom. The molecule has 2 aliphatic heterocycles. The van der Waals surface area contributed by atoms with Gasteiger partial charge in [0.2, 0.25) is 5.91 Å². The molecule has 8 heteroatoms. The van der Waals surface area contributed by atoms with Crippen molar-refractivity contribution in [2.75, 3.05) is 32.7 Å². The van der Waals surface area contributed by atoms with Gasteiger partial charge in [-0.25, -0.2) is 14.5 Å². The van der Waals surface area contributed by atoms with Gasteiger partial charge >= 0.3 is 6.03 Å². The van der Waals surface area contributed by atoms with Crippen molar-refractivity contribution in [3.8, 4) is 0 Å². The van der Waals surface area contributed by atoms with E-state index in [9.17, 15) is 9.59 Å². The van der Waals surface area contributed by atoms with Crippen molar-refractivity contribution in [3.05, 3.63) is 11.6 Å². The molecule has 126 valence electrons. The maximum atomic E-state index is 11.6. The second-order valence-corrected chi connectivity index (χ2v) is 6.40. The van der Waals surface area contributed by atoms with Crippen LogP contribution in [0.25, 0.3) is 0 Å². The van der Waals surface area contributed by atoms with E-state index in [-0.39, 0.29) is 18.5 Å². The molecular formula is C15H24N6O2. The number of piperidine rings is 1. The molecule has 0 bridgehead atoms. The van der Waals surface area contributed by atoms with Gasteiger partial charge in [0.1, 0.15) is 11.6 Å². The molecule has 8 nitrogen and oxygen atoms in total. The highest BCUT2D eigenvalue weighted by Crippen LogP contribution is 2.18. The van der Waals surface area contributed by atoms with Gasteiger partial charge in [0, 0.05) is 26.2 Å². The Morgan fingerprint density at radius 1 is 1.26 bits per heavy atom. The summed E-state index contributed by atoms with van der Waals surface area (Å²) < 4.78 is 1.99. The van der Waals surface area contributed by atoms with Gasteiger partial charge in [0.25, 0.3) is 0 Å². The molecule has 3 rings (SSSR count). The first kappa shape index (κ1) is 15.9. The number of nitrogens with one attached hydrogen (secondary N) is 1. The van der Waals surface area contributed by atoms with E-state index in [1.165, 1.54) is 11.3 Å². The van der Waals surface area contributed by atoms with Gasteiger partial charge in [0.15, 0.2) is 0 Å². The Labute approximate surface area is 135 Å². The highest BCUT2D eigenvalue weighted by molar-refractivity contribution is 6.01. The van der Waals surface area contributed by atoms with E-state index in [4.69, 9.17) is 0 Å². The van der Waals surface area contributed by atoms with E-state index in [2.05, 4.69) is 20.3 Å². The summed E-state index contributed by atoms with van der Waals surface area (Å²) in [7, 11) is 0. The average Bonchev–Trinajstić information content (AvgIpc) is 3.00. The third kappa shape index (κ3) is 3.69. The molecule has 3 heterocycles. The zero-order chi connectivity index (χ0) is 16.4. The molecule has 3 amide bonds. The maximum Gasteiger partial charge on any atom is 0.324 e. The minimum atomic E-state index is -0.266. The SMILES string of the molecule is Cc1nc(C)n(C[C@H]2CCCN(CCN3C(=O)CNC3=O)C2)n1. The fourth-order valence-corrected chi connectivity index (χ4v) is 3.41. The summed E-state index contributed by atoms with van der Waals surface area (Å²) in [5, 5.41) is 7.00. The molecule has 1 N–H and O–H groups in total. The zero-order valence-electron chi connectivity index (χ0n) is 13.8. The number of aryl methyl sites for hydroxylation is 2. The molecule has 0 aliphatic carbocycles. The van der Waals surface area contributed by atoms with Crippen LogP contribution in [0.2, 0.25) is 0 Å². The van der Waals surface area contributed by atoms with Crippen LogP contribution in [0.3, 0.4) is 0 Å². The van der Waals surface area contributed by atoms with E-state index < -0.39 is 0 Å². The van der Waals surface area contributed by atoms with Crippen molar-refractivity contribution < 1.29 is 9.59 Å². The number of likely N-dealkylation sites (tertiary alicyclic amines) is 1. The van der Waals surface area contributed by atoms with Crippen LogP contribution >= 0.6 is 0 Å². The van der Waals surface area contributed by atoms with Gasteiger partial charge in [-0.05, 0) is 39.2 Å². The summed E-state index contributed by atoms with van der Waals surface area (Å²) >= 11 is 0. The quantitative estimate of drug-likeness (QED) is 0.781. The molecule has 0 radical (unpaired) electrons. The molecule has 1 aromatic heterocycles. The lowest BCUT2D eigenvalue weighted by molar-refractivity contribution is -0.125. The van der Waals surface area contributed by atoms with E-state index in [0.29, 0.717) is 12.5 Å². The fourth-order valence-electron chi connectivity index (χ4n) is 3.41. The van der Waals surface area contributed by atoms with Crippen LogP contribution in [0.15, 0.2) is 0 Å². The number of rotatable bonds is 5. The lowest BCUT2D eigenvalue weighted by Crippen LogP contribution is -2.43. The smallest absolute Gasteiger partial charge is 0.324 e. The normalized spacial score (nSPS) is 22.7. The summed E-state index contributed by atoms with van der Waals surface area (Å²) in [5.74, 6) is 2.18. The van der Waals surface area contributed by atoms with Crippen molar-refractivity contribution in [3.63, 3.8) is 0 Å². The molecule has 2 saturated heterocycles. The number of amides is 3. The van der Waals surface area contributed by atoms with E-state index in [1.54, 1.807) is 0 Å². The molecule has 0 aromatic carbocycles. The number of imide groups is 1. The van der Waals surface area contributed by atoms with E-state index in [0.717, 1.165) is 44.2 Å². The summed E-state index contributed by atoms with van der Waals surface area (Å²) in [6, 6.07) is -0.266. The van der Waals surface area contributed by atoms with Gasteiger partial charge in [-0.2, -0.15) is 5.10 Å². The molecule has 0 saturated carbocycles. The lowest BCUT2D eigenvalue weighted by atomic mass is 9.98. The lowest BCUT2D eigenvalue weighted by Gasteiger charge is -2.33. The zero-order valence-corrected chi connectivity index (χ0v) is 13.8. The van der Waals surface area contributed by atoms with Crippen LogP contribution in [-0.2, 0) is 11.3 Å². The predicted octanol–water partition coefficient (Wildman–Crippen LogP) is 0.159. The first-order valence-electron chi connectivity index (χ1n) is 8.21. The Kier molecular flexibility index (Phi) is 4.61. The summed E-state index contributed by atoms with van der Waals surface area (Å²) in [5.41, 5.74) is 0. The largest absolute Gasteiger partial charge is 0.329 e. The molecule has 0 spiro atoms. The first-order chi connectivity index (χ1) is 11.0. The van der Waals surface area contributed by atoms with Crippen molar-refractivity contribution in [1.82, 2.24) is 29.9 Å². The molecular weight excluding hydrogens is 296 g/mol. The summed E-state index contributed by atoms with van der Waals surface area (Å²) in [6.07, 6.45) is 2.31. The number of hydrogen-bond donors (Lipinski definition) is 1. The number of nitrogens with zero attached hydrogens (tertiary/aromatic N) is 5. The molecule has 0 unspecified atom stereocenters. The summed E-state index contributed by atoms with van der Waals surface area (Å²) in [6.45, 7) is 8.12. The van der Waals surface area contributed by atoms with Gasteiger partial charge in [-0.15, -0.1) is 0 Å². The van der Waals surface area contributed by atoms with Crippen molar-refractivity contribution in [1.29, 1.82) is 0 Å². The molecule has 23 heavy (non-hydrogen) atoms. The van der Waals surface area contributed by atoms with Crippen LogP contribution < -0.4 is 5.32 Å². The maximum absolute atomic E-state index is 11.6. The number of urea groups is 1. The molecule has 2 aliphatic rings. The Hall–Kier alpha value is -1.96. The highest BCUT2D eigenvalue weighted by atomic mass is 16.2. The number of hydrogen-bond acceptors (Lipinski definition) is 5. The number of carbonyl (C=O) groups is 2. The third-order valence-corrected chi connectivity index (χ3v) is 4.57. The van der Waals surface area contributed by atoms with Crippen LogP contribution in [-0.4, -0.2) is 69.2 Å². The Morgan fingerprint density at radius 2 is 2.09 bits per heavy atom. The van der Waals surface area contributed by atoms with Crippen LogP contribution in [0.1, 0.15) is 24.5 Å². The monoisotopic (exact) mass is 320 g/mol. The van der Waals surface area contributed by atoms with Crippen molar-refractivity contribution >= 4 is 11.9 Å². The van der Waals surface area contributed by atoms with Crippen LogP contribution in [0.5, 0.6) is 0 Å². The Balaban J connectivity index is 1.51. The van der Waals surface area contributed by atoms with Crippen LogP contribution in [0, 0.1) is 19.8 Å². The van der Waals surface area contributed by atoms with E-state index >= 15 is 0 Å². The fraction of sp³-hybridized carbons (Fsp3) is 0.733. The molecule has 1 atom stereocenters.